The highest BCUT2D eigenvalue weighted by molar-refractivity contribution is 6.11. The molecule has 4 atom stereocenters. The standard InChI is InChI=1S/C11H12N2O3/c1-12-5-3-4-6(14)9(12)8-7(5)10(15)13(2)11(8)16/h3-5,7-9H,1-2H3. The first-order chi connectivity index (χ1) is 7.54. The lowest BCUT2D eigenvalue weighted by atomic mass is 9.90. The van der Waals surface area contributed by atoms with Crippen molar-refractivity contribution in [3.63, 3.8) is 0 Å². The van der Waals surface area contributed by atoms with Gasteiger partial charge >= 0.3 is 0 Å². The average Bonchev–Trinajstić information content (AvgIpc) is 2.56. The molecule has 5 heteroatoms. The molecule has 2 amide bonds. The Balaban J connectivity index is 2.13. The summed E-state index contributed by atoms with van der Waals surface area (Å²) in [5, 5.41) is 0. The van der Waals surface area contributed by atoms with Crippen LogP contribution in [0.25, 0.3) is 0 Å². The molecule has 4 unspecified atom stereocenters. The number of rotatable bonds is 0. The highest BCUT2D eigenvalue weighted by Gasteiger charge is 2.62. The molecular formula is C11H12N2O3. The molecule has 3 heterocycles. The molecule has 3 aliphatic rings. The van der Waals surface area contributed by atoms with Gasteiger partial charge in [0.15, 0.2) is 5.78 Å². The molecule has 0 aromatic heterocycles. The van der Waals surface area contributed by atoms with Gasteiger partial charge in [0.25, 0.3) is 0 Å². The lowest BCUT2D eigenvalue weighted by molar-refractivity contribution is -0.141. The first-order valence-corrected chi connectivity index (χ1v) is 5.29. The zero-order valence-corrected chi connectivity index (χ0v) is 9.08. The second-order valence-corrected chi connectivity index (χ2v) is 4.65. The SMILES string of the molecule is CN1C(=O)C2C(C1=O)C1C(=O)C=CC2N1C. The molecule has 0 aromatic rings. The van der Waals surface area contributed by atoms with E-state index >= 15 is 0 Å². The van der Waals surface area contributed by atoms with Crippen LogP contribution in [0.2, 0.25) is 0 Å². The smallest absolute Gasteiger partial charge is 0.234 e. The summed E-state index contributed by atoms with van der Waals surface area (Å²) in [6.45, 7) is 0. The molecule has 5 nitrogen and oxygen atoms in total. The Hall–Kier alpha value is -1.49. The lowest BCUT2D eigenvalue weighted by Crippen LogP contribution is -2.46. The van der Waals surface area contributed by atoms with Crippen LogP contribution in [0.5, 0.6) is 0 Å². The maximum atomic E-state index is 11.9. The van der Waals surface area contributed by atoms with Crippen LogP contribution in [-0.2, 0) is 14.4 Å². The summed E-state index contributed by atoms with van der Waals surface area (Å²) in [6, 6.07) is -0.546. The number of hydrogen-bond donors (Lipinski definition) is 0. The van der Waals surface area contributed by atoms with Crippen molar-refractivity contribution in [2.45, 2.75) is 12.1 Å². The Morgan fingerprint density at radius 1 is 1.06 bits per heavy atom. The van der Waals surface area contributed by atoms with Crippen molar-refractivity contribution in [2.75, 3.05) is 14.1 Å². The van der Waals surface area contributed by atoms with Gasteiger partial charge in [0.2, 0.25) is 11.8 Å². The fourth-order valence-corrected chi connectivity index (χ4v) is 3.17. The first-order valence-electron chi connectivity index (χ1n) is 5.29. The fourth-order valence-electron chi connectivity index (χ4n) is 3.17. The molecule has 0 saturated carbocycles. The Kier molecular flexibility index (Phi) is 1.70. The van der Waals surface area contributed by atoms with Crippen LogP contribution in [0.15, 0.2) is 12.2 Å². The number of fused-ring (bicyclic) bond motifs is 5. The van der Waals surface area contributed by atoms with Gasteiger partial charge in [-0.2, -0.15) is 0 Å². The Labute approximate surface area is 92.7 Å². The largest absolute Gasteiger partial charge is 0.293 e. The van der Waals surface area contributed by atoms with Gasteiger partial charge in [-0.3, -0.25) is 24.2 Å². The van der Waals surface area contributed by atoms with Crippen LogP contribution in [0.4, 0.5) is 0 Å². The topological polar surface area (TPSA) is 57.7 Å². The molecule has 3 rings (SSSR count). The van der Waals surface area contributed by atoms with E-state index in [1.807, 2.05) is 4.90 Å². The average molecular weight is 220 g/mol. The predicted octanol–water partition coefficient (Wildman–Crippen LogP) is -0.961. The highest BCUT2D eigenvalue weighted by Crippen LogP contribution is 2.43. The molecule has 84 valence electrons. The van der Waals surface area contributed by atoms with Gasteiger partial charge in [0.1, 0.15) is 0 Å². The molecule has 2 fully saturated rings. The van der Waals surface area contributed by atoms with Crippen molar-refractivity contribution in [3.05, 3.63) is 12.2 Å². The zero-order chi connectivity index (χ0) is 11.6. The fraction of sp³-hybridized carbons (Fsp3) is 0.545. The van der Waals surface area contributed by atoms with Crippen LogP contribution < -0.4 is 0 Å². The second kappa shape index (κ2) is 2.79. The quantitative estimate of drug-likeness (QED) is 0.493. The van der Waals surface area contributed by atoms with E-state index in [1.165, 1.54) is 13.1 Å². The number of likely N-dealkylation sites (N-methyl/N-ethyl adjacent to an activating group) is 1. The number of carbonyl (C=O) groups excluding carboxylic acids is 3. The number of carbonyl (C=O) groups is 3. The number of nitrogens with zero attached hydrogens (tertiary/aromatic N) is 2. The third-order valence-corrected chi connectivity index (χ3v) is 3.98. The van der Waals surface area contributed by atoms with E-state index in [-0.39, 0.29) is 29.6 Å². The van der Waals surface area contributed by atoms with Crippen LogP contribution in [0.3, 0.4) is 0 Å². The van der Waals surface area contributed by atoms with Crippen molar-refractivity contribution in [2.24, 2.45) is 11.8 Å². The number of likely N-dealkylation sites (tertiary alicyclic amines) is 1. The van der Waals surface area contributed by atoms with Crippen molar-refractivity contribution >= 4 is 17.6 Å². The molecule has 0 aromatic carbocycles. The van der Waals surface area contributed by atoms with E-state index in [4.69, 9.17) is 0 Å². The van der Waals surface area contributed by atoms with Crippen LogP contribution >= 0.6 is 0 Å². The van der Waals surface area contributed by atoms with Gasteiger partial charge in [-0.05, 0) is 13.1 Å². The summed E-state index contributed by atoms with van der Waals surface area (Å²) < 4.78 is 0. The van der Waals surface area contributed by atoms with Crippen molar-refractivity contribution in [1.82, 2.24) is 9.80 Å². The molecule has 0 radical (unpaired) electrons. The van der Waals surface area contributed by atoms with Gasteiger partial charge in [0.05, 0.1) is 17.9 Å². The first kappa shape index (κ1) is 9.72. The Morgan fingerprint density at radius 3 is 2.38 bits per heavy atom. The van der Waals surface area contributed by atoms with Gasteiger partial charge in [-0.15, -0.1) is 0 Å². The van der Waals surface area contributed by atoms with E-state index in [1.54, 1.807) is 13.1 Å². The van der Waals surface area contributed by atoms with Gasteiger partial charge in [0, 0.05) is 13.1 Å². The number of hydrogen-bond acceptors (Lipinski definition) is 4. The molecule has 0 N–H and O–H groups in total. The maximum absolute atomic E-state index is 11.9. The van der Waals surface area contributed by atoms with Gasteiger partial charge in [-0.1, -0.05) is 6.08 Å². The van der Waals surface area contributed by atoms with Gasteiger partial charge < -0.3 is 0 Å². The lowest BCUT2D eigenvalue weighted by Gasteiger charge is -2.28. The summed E-state index contributed by atoms with van der Waals surface area (Å²) in [6.07, 6.45) is 3.25. The normalized spacial score (nSPS) is 42.1. The molecular weight excluding hydrogens is 208 g/mol. The van der Waals surface area contributed by atoms with Crippen LogP contribution in [-0.4, -0.2) is 53.6 Å². The molecule has 2 saturated heterocycles. The highest BCUT2D eigenvalue weighted by atomic mass is 16.2. The van der Waals surface area contributed by atoms with E-state index < -0.39 is 12.0 Å². The maximum Gasteiger partial charge on any atom is 0.234 e. The van der Waals surface area contributed by atoms with E-state index in [0.717, 1.165) is 4.90 Å². The summed E-state index contributed by atoms with van der Waals surface area (Å²) in [7, 11) is 3.29. The minimum Gasteiger partial charge on any atom is -0.293 e. The summed E-state index contributed by atoms with van der Waals surface area (Å²) in [4.78, 5) is 38.6. The third-order valence-electron chi connectivity index (χ3n) is 3.98. The van der Waals surface area contributed by atoms with Gasteiger partial charge in [-0.25, -0.2) is 0 Å². The second-order valence-electron chi connectivity index (χ2n) is 4.65. The number of amides is 2. The van der Waals surface area contributed by atoms with E-state index in [9.17, 15) is 14.4 Å². The molecule has 0 spiro atoms. The molecule has 3 aliphatic heterocycles. The van der Waals surface area contributed by atoms with Crippen LogP contribution in [0.1, 0.15) is 0 Å². The minimum atomic E-state index is -0.477. The Morgan fingerprint density at radius 2 is 1.69 bits per heavy atom. The van der Waals surface area contributed by atoms with Crippen molar-refractivity contribution in [3.8, 4) is 0 Å². The monoisotopic (exact) mass is 220 g/mol. The van der Waals surface area contributed by atoms with Crippen molar-refractivity contribution < 1.29 is 14.4 Å². The Bertz CT molecular complexity index is 443. The minimum absolute atomic E-state index is 0.0669. The number of ketones is 1. The molecule has 0 aliphatic carbocycles. The van der Waals surface area contributed by atoms with E-state index in [2.05, 4.69) is 0 Å². The third kappa shape index (κ3) is 0.875. The molecule has 2 bridgehead atoms. The van der Waals surface area contributed by atoms with Crippen LogP contribution in [0, 0.1) is 11.8 Å². The molecule has 16 heavy (non-hydrogen) atoms. The summed E-state index contributed by atoms with van der Waals surface area (Å²) in [5.41, 5.74) is 0. The summed E-state index contributed by atoms with van der Waals surface area (Å²) in [5.74, 6) is -1.28. The van der Waals surface area contributed by atoms with Crippen molar-refractivity contribution in [1.29, 1.82) is 0 Å². The number of imide groups is 1. The predicted molar refractivity (Wildman–Crippen MR) is 54.2 cm³/mol. The zero-order valence-electron chi connectivity index (χ0n) is 9.08. The van der Waals surface area contributed by atoms with E-state index in [0.29, 0.717) is 0 Å². The summed E-state index contributed by atoms with van der Waals surface area (Å²) >= 11 is 0.